The molecular weight excluding hydrogens is 252 g/mol. The van der Waals surface area contributed by atoms with Gasteiger partial charge in [-0.2, -0.15) is 4.68 Å². The van der Waals surface area contributed by atoms with Crippen LogP contribution in [0.5, 0.6) is 0 Å². The summed E-state index contributed by atoms with van der Waals surface area (Å²) in [6.45, 7) is 3.69. The van der Waals surface area contributed by atoms with E-state index in [-0.39, 0.29) is 29.7 Å². The quantitative estimate of drug-likeness (QED) is 0.593. The van der Waals surface area contributed by atoms with E-state index >= 15 is 0 Å². The van der Waals surface area contributed by atoms with Gasteiger partial charge in [0.25, 0.3) is 0 Å². The van der Waals surface area contributed by atoms with Crippen LogP contribution >= 0.6 is 0 Å². The van der Waals surface area contributed by atoms with E-state index < -0.39 is 11.0 Å². The van der Waals surface area contributed by atoms with Crippen molar-refractivity contribution in [3.05, 3.63) is 22.4 Å². The van der Waals surface area contributed by atoms with Crippen LogP contribution in [0.2, 0.25) is 0 Å². The van der Waals surface area contributed by atoms with Crippen molar-refractivity contribution in [2.45, 2.75) is 39.0 Å². The molecule has 0 aliphatic heterocycles. The van der Waals surface area contributed by atoms with Crippen molar-refractivity contribution in [1.29, 1.82) is 0 Å². The van der Waals surface area contributed by atoms with E-state index in [0.29, 0.717) is 6.42 Å². The molecule has 1 aliphatic carbocycles. The maximum absolute atomic E-state index is 11.8. The fraction of sp³-hybridized carbons (Fsp3) is 0.636. The van der Waals surface area contributed by atoms with E-state index in [9.17, 15) is 20.0 Å². The van der Waals surface area contributed by atoms with Crippen molar-refractivity contribution in [1.82, 2.24) is 15.1 Å². The highest BCUT2D eigenvalue weighted by molar-refractivity contribution is 5.76. The van der Waals surface area contributed by atoms with Crippen LogP contribution in [0, 0.1) is 15.5 Å². The van der Waals surface area contributed by atoms with Crippen LogP contribution in [0.4, 0.5) is 5.82 Å². The van der Waals surface area contributed by atoms with Crippen molar-refractivity contribution in [3.63, 3.8) is 0 Å². The Morgan fingerprint density at radius 3 is 2.89 bits per heavy atom. The number of aliphatic hydroxyl groups is 1. The molecule has 2 rings (SSSR count). The van der Waals surface area contributed by atoms with Gasteiger partial charge in [0, 0.05) is 11.5 Å². The number of carbonyl (C=O) groups excluding carboxylic acids is 1. The number of carbonyl (C=O) groups is 1. The number of hydrogen-bond acceptors (Lipinski definition) is 5. The lowest BCUT2D eigenvalue weighted by Gasteiger charge is -2.49. The number of nitro groups is 1. The second kappa shape index (κ2) is 4.61. The molecule has 2 unspecified atom stereocenters. The van der Waals surface area contributed by atoms with Gasteiger partial charge in [-0.3, -0.25) is 4.79 Å². The zero-order chi connectivity index (χ0) is 14.2. The number of nitrogens with zero attached hydrogens (tertiary/aromatic N) is 3. The van der Waals surface area contributed by atoms with Crippen LogP contribution in [-0.4, -0.2) is 37.9 Å². The van der Waals surface area contributed by atoms with Gasteiger partial charge in [0.15, 0.2) is 0 Å². The minimum atomic E-state index is -0.611. The Hall–Kier alpha value is -1.96. The average Bonchev–Trinajstić information content (AvgIpc) is 2.77. The number of hydrogen-bond donors (Lipinski definition) is 2. The topological polar surface area (TPSA) is 110 Å². The number of aromatic nitrogens is 2. The van der Waals surface area contributed by atoms with Crippen molar-refractivity contribution in [2.75, 3.05) is 0 Å². The number of aliphatic hydroxyl groups excluding tert-OH is 1. The second-order valence-electron chi connectivity index (χ2n) is 5.32. The molecule has 104 valence electrons. The Bertz CT molecular complexity index is 511. The Morgan fingerprint density at radius 1 is 1.74 bits per heavy atom. The molecule has 1 saturated carbocycles. The smallest absolute Gasteiger partial charge is 0.389 e. The standard InChI is InChI=1S/C11H16N4O4/c1-11(2)7(5-8(11)16)12-10(17)6-14-4-3-9(13-14)15(18)19/h3-4,7-8,16H,5-6H2,1-2H3,(H,12,17). The molecule has 1 aromatic heterocycles. The molecule has 0 spiro atoms. The maximum atomic E-state index is 11.8. The third-order valence-corrected chi connectivity index (χ3v) is 3.67. The summed E-state index contributed by atoms with van der Waals surface area (Å²) in [6.07, 6.45) is 1.50. The van der Waals surface area contributed by atoms with Crippen LogP contribution in [0.3, 0.4) is 0 Å². The summed E-state index contributed by atoms with van der Waals surface area (Å²) < 4.78 is 1.22. The predicted octanol–water partition coefficient (Wildman–Crippen LogP) is 0.0669. The van der Waals surface area contributed by atoms with Crippen LogP contribution in [0.25, 0.3) is 0 Å². The van der Waals surface area contributed by atoms with Crippen molar-refractivity contribution in [3.8, 4) is 0 Å². The molecule has 0 bridgehead atoms. The largest absolute Gasteiger partial charge is 0.392 e. The Kier molecular flexibility index (Phi) is 3.27. The van der Waals surface area contributed by atoms with E-state index in [2.05, 4.69) is 10.4 Å². The lowest BCUT2D eigenvalue weighted by Crippen LogP contribution is -2.61. The van der Waals surface area contributed by atoms with Gasteiger partial charge in [0.2, 0.25) is 5.91 Å². The predicted molar refractivity (Wildman–Crippen MR) is 65.2 cm³/mol. The van der Waals surface area contributed by atoms with Gasteiger partial charge in [-0.05, 0) is 11.3 Å². The van der Waals surface area contributed by atoms with Crippen molar-refractivity contribution >= 4 is 11.7 Å². The monoisotopic (exact) mass is 268 g/mol. The first kappa shape index (κ1) is 13.5. The fourth-order valence-electron chi connectivity index (χ4n) is 2.07. The highest BCUT2D eigenvalue weighted by atomic mass is 16.6. The Labute approximate surface area is 109 Å². The summed E-state index contributed by atoms with van der Waals surface area (Å²) in [4.78, 5) is 21.6. The molecule has 1 heterocycles. The van der Waals surface area contributed by atoms with E-state index in [1.54, 1.807) is 0 Å². The molecule has 2 atom stereocenters. The summed E-state index contributed by atoms with van der Waals surface area (Å²) in [5.74, 6) is -0.560. The molecular formula is C11H16N4O4. The van der Waals surface area contributed by atoms with Crippen LogP contribution in [-0.2, 0) is 11.3 Å². The molecule has 0 saturated heterocycles. The van der Waals surface area contributed by atoms with E-state index in [1.165, 1.54) is 16.9 Å². The average molecular weight is 268 g/mol. The number of nitrogens with one attached hydrogen (secondary N) is 1. The summed E-state index contributed by atoms with van der Waals surface area (Å²) in [5.41, 5.74) is -0.341. The summed E-state index contributed by atoms with van der Waals surface area (Å²) in [7, 11) is 0. The fourth-order valence-corrected chi connectivity index (χ4v) is 2.07. The lowest BCUT2D eigenvalue weighted by molar-refractivity contribution is -0.389. The molecule has 0 aromatic carbocycles. The SMILES string of the molecule is CC1(C)C(O)CC1NC(=O)Cn1ccc([N+](=O)[O-])n1. The zero-order valence-electron chi connectivity index (χ0n) is 10.7. The van der Waals surface area contributed by atoms with Crippen LogP contribution in [0.15, 0.2) is 12.3 Å². The van der Waals surface area contributed by atoms with E-state index in [0.717, 1.165) is 0 Å². The molecule has 1 fully saturated rings. The number of rotatable bonds is 4. The van der Waals surface area contributed by atoms with Gasteiger partial charge in [0.05, 0.1) is 23.5 Å². The molecule has 8 heteroatoms. The first-order valence-corrected chi connectivity index (χ1v) is 5.96. The Morgan fingerprint density at radius 2 is 2.42 bits per heavy atom. The second-order valence-corrected chi connectivity index (χ2v) is 5.32. The van der Waals surface area contributed by atoms with Gasteiger partial charge >= 0.3 is 5.82 Å². The molecule has 1 aliphatic rings. The summed E-state index contributed by atoms with van der Waals surface area (Å²) in [6, 6.07) is 1.16. The van der Waals surface area contributed by atoms with Crippen LogP contribution in [0.1, 0.15) is 20.3 Å². The minimum Gasteiger partial charge on any atom is -0.392 e. The van der Waals surface area contributed by atoms with Gasteiger partial charge in [-0.1, -0.05) is 13.8 Å². The first-order chi connectivity index (χ1) is 8.80. The van der Waals surface area contributed by atoms with E-state index in [4.69, 9.17) is 0 Å². The summed E-state index contributed by atoms with van der Waals surface area (Å²) >= 11 is 0. The van der Waals surface area contributed by atoms with Crippen molar-refractivity contribution < 1.29 is 14.8 Å². The molecule has 19 heavy (non-hydrogen) atoms. The maximum Gasteiger partial charge on any atom is 0.389 e. The minimum absolute atomic E-state index is 0.0729. The highest BCUT2D eigenvalue weighted by Crippen LogP contribution is 2.40. The summed E-state index contributed by atoms with van der Waals surface area (Å²) in [5, 5.41) is 26.5. The molecule has 8 nitrogen and oxygen atoms in total. The zero-order valence-corrected chi connectivity index (χ0v) is 10.7. The van der Waals surface area contributed by atoms with E-state index in [1.807, 2.05) is 13.8 Å². The van der Waals surface area contributed by atoms with Crippen LogP contribution < -0.4 is 5.32 Å². The van der Waals surface area contributed by atoms with Gasteiger partial charge < -0.3 is 20.5 Å². The molecule has 1 amide bonds. The Balaban J connectivity index is 1.89. The highest BCUT2D eigenvalue weighted by Gasteiger charge is 2.47. The third kappa shape index (κ3) is 2.58. The lowest BCUT2D eigenvalue weighted by atomic mass is 9.64. The van der Waals surface area contributed by atoms with Gasteiger partial charge in [-0.25, -0.2) is 0 Å². The third-order valence-electron chi connectivity index (χ3n) is 3.67. The number of amides is 1. The van der Waals surface area contributed by atoms with Gasteiger partial charge in [0.1, 0.15) is 6.54 Å². The first-order valence-electron chi connectivity index (χ1n) is 5.96. The molecule has 1 aromatic rings. The molecule has 2 N–H and O–H groups in total. The normalized spacial score (nSPS) is 24.6. The van der Waals surface area contributed by atoms with Gasteiger partial charge in [-0.15, -0.1) is 0 Å². The molecule has 0 radical (unpaired) electrons. The van der Waals surface area contributed by atoms with Crippen molar-refractivity contribution in [2.24, 2.45) is 5.41 Å².